The molecule has 3 nitrogen and oxygen atoms in total. The average Bonchev–Trinajstić information content (AvgIpc) is 1.78. The van der Waals surface area contributed by atoms with Crippen molar-refractivity contribution in [1.29, 1.82) is 0 Å². The van der Waals surface area contributed by atoms with E-state index < -0.39 is 12.8 Å². The van der Waals surface area contributed by atoms with Crippen molar-refractivity contribution in [2.24, 2.45) is 5.16 Å². The Kier molecular flexibility index (Phi) is 3.56. The minimum atomic E-state index is -4.49. The SMILES string of the molecule is CC(=O)CON=CC(F)(F)F. The van der Waals surface area contributed by atoms with Crippen molar-refractivity contribution in [2.75, 3.05) is 6.61 Å². The predicted octanol–water partition coefficient (Wildman–Crippen LogP) is 1.14. The number of carbonyl (C=O) groups excluding carboxylic acids is 1. The number of hydrogen-bond donors (Lipinski definition) is 0. The van der Waals surface area contributed by atoms with Gasteiger partial charge in [0.1, 0.15) is 6.21 Å². The van der Waals surface area contributed by atoms with Crippen LogP contribution in [-0.2, 0) is 9.63 Å². The highest BCUT2D eigenvalue weighted by Crippen LogP contribution is 2.10. The van der Waals surface area contributed by atoms with Gasteiger partial charge in [-0.2, -0.15) is 13.2 Å². The minimum absolute atomic E-state index is 0.323. The van der Waals surface area contributed by atoms with Gasteiger partial charge in [0.2, 0.25) is 0 Å². The largest absolute Gasteiger partial charge is 0.429 e. The molecule has 0 fully saturated rings. The maximum absolute atomic E-state index is 11.3. The summed E-state index contributed by atoms with van der Waals surface area (Å²) >= 11 is 0. The zero-order chi connectivity index (χ0) is 8.91. The number of carbonyl (C=O) groups is 1. The highest BCUT2D eigenvalue weighted by Gasteiger charge is 2.24. The van der Waals surface area contributed by atoms with Gasteiger partial charge in [-0.05, 0) is 6.92 Å². The van der Waals surface area contributed by atoms with Crippen LogP contribution in [0.4, 0.5) is 13.2 Å². The van der Waals surface area contributed by atoms with Gasteiger partial charge in [0.25, 0.3) is 0 Å². The Morgan fingerprint density at radius 1 is 1.64 bits per heavy atom. The summed E-state index contributed by atoms with van der Waals surface area (Å²) < 4.78 is 33.8. The summed E-state index contributed by atoms with van der Waals surface area (Å²) in [5, 5.41) is 2.51. The van der Waals surface area contributed by atoms with E-state index in [0.29, 0.717) is 0 Å². The van der Waals surface area contributed by atoms with Crippen molar-refractivity contribution >= 4 is 12.0 Å². The van der Waals surface area contributed by atoms with Gasteiger partial charge in [-0.3, -0.25) is 4.79 Å². The molecular weight excluding hydrogens is 163 g/mol. The zero-order valence-electron chi connectivity index (χ0n) is 5.68. The maximum Gasteiger partial charge on any atom is 0.429 e. The molecule has 0 unspecified atom stereocenters. The van der Waals surface area contributed by atoms with Crippen LogP contribution in [0.5, 0.6) is 0 Å². The Balaban J connectivity index is 3.54. The van der Waals surface area contributed by atoms with E-state index in [-0.39, 0.29) is 12.0 Å². The standard InChI is InChI=1S/C5H6F3NO2/c1-4(10)2-11-9-3-5(6,7)8/h3H,2H2,1H3. The highest BCUT2D eigenvalue weighted by atomic mass is 19.4. The van der Waals surface area contributed by atoms with Crippen LogP contribution in [0, 0.1) is 0 Å². The molecule has 0 N–H and O–H groups in total. The predicted molar refractivity (Wildman–Crippen MR) is 31.2 cm³/mol. The molecule has 0 saturated carbocycles. The van der Waals surface area contributed by atoms with E-state index in [0.717, 1.165) is 0 Å². The molecule has 0 aliphatic rings. The van der Waals surface area contributed by atoms with Crippen LogP contribution in [0.1, 0.15) is 6.92 Å². The van der Waals surface area contributed by atoms with Crippen LogP contribution in [0.25, 0.3) is 0 Å². The molecule has 0 heterocycles. The molecule has 0 aromatic heterocycles. The van der Waals surface area contributed by atoms with Gasteiger partial charge in [0.05, 0.1) is 0 Å². The summed E-state index contributed by atoms with van der Waals surface area (Å²) in [6.45, 7) is 0.746. The van der Waals surface area contributed by atoms with Gasteiger partial charge in [-0.25, -0.2) is 0 Å². The zero-order valence-corrected chi connectivity index (χ0v) is 5.68. The lowest BCUT2D eigenvalue weighted by molar-refractivity contribution is -0.121. The molecule has 0 radical (unpaired) electrons. The number of alkyl halides is 3. The van der Waals surface area contributed by atoms with Crippen molar-refractivity contribution < 1.29 is 22.8 Å². The Hall–Kier alpha value is -1.07. The molecule has 0 spiro atoms. The third-order valence-corrected chi connectivity index (χ3v) is 0.541. The number of hydrogen-bond acceptors (Lipinski definition) is 3. The quantitative estimate of drug-likeness (QED) is 0.469. The fourth-order valence-corrected chi connectivity index (χ4v) is 0.225. The normalized spacial score (nSPS) is 12.0. The monoisotopic (exact) mass is 169 g/mol. The number of halogens is 3. The van der Waals surface area contributed by atoms with Gasteiger partial charge in [0, 0.05) is 0 Å². The fraction of sp³-hybridized carbons (Fsp3) is 0.600. The lowest BCUT2D eigenvalue weighted by atomic mass is 10.5. The molecule has 0 bridgehead atoms. The topological polar surface area (TPSA) is 38.7 Å². The van der Waals surface area contributed by atoms with Gasteiger partial charge >= 0.3 is 6.18 Å². The molecule has 0 aromatic rings. The number of nitrogens with zero attached hydrogens (tertiary/aromatic N) is 1. The Bertz CT molecular complexity index is 164. The Morgan fingerprint density at radius 3 is 2.55 bits per heavy atom. The lowest BCUT2D eigenvalue weighted by Crippen LogP contribution is -2.09. The first-order valence-corrected chi connectivity index (χ1v) is 2.64. The highest BCUT2D eigenvalue weighted by molar-refractivity contribution is 5.76. The molecule has 0 aromatic carbocycles. The number of Topliss-reactive ketones (excluding diaryl/α,β-unsaturated/α-hetero) is 1. The molecule has 11 heavy (non-hydrogen) atoms. The summed E-state index contributed by atoms with van der Waals surface area (Å²) in [6.07, 6.45) is -4.81. The van der Waals surface area contributed by atoms with Crippen molar-refractivity contribution in [3.8, 4) is 0 Å². The fourth-order valence-electron chi connectivity index (χ4n) is 0.225. The van der Waals surface area contributed by atoms with E-state index in [2.05, 4.69) is 9.99 Å². The first-order chi connectivity index (χ1) is 4.92. The van der Waals surface area contributed by atoms with Crippen LogP contribution in [0.2, 0.25) is 0 Å². The number of oxime groups is 1. The second kappa shape index (κ2) is 3.95. The Morgan fingerprint density at radius 2 is 2.18 bits per heavy atom. The third kappa shape index (κ3) is 8.93. The van der Waals surface area contributed by atoms with Crippen molar-refractivity contribution in [3.63, 3.8) is 0 Å². The van der Waals surface area contributed by atoms with Crippen LogP contribution < -0.4 is 0 Å². The first-order valence-electron chi connectivity index (χ1n) is 2.64. The van der Waals surface area contributed by atoms with Crippen LogP contribution in [0.3, 0.4) is 0 Å². The second-order valence-corrected chi connectivity index (χ2v) is 1.75. The second-order valence-electron chi connectivity index (χ2n) is 1.75. The van der Waals surface area contributed by atoms with Gasteiger partial charge in [0.15, 0.2) is 12.4 Å². The summed E-state index contributed by atoms with van der Waals surface area (Å²) in [6, 6.07) is 0. The maximum atomic E-state index is 11.3. The molecule has 0 rings (SSSR count). The first kappa shape index (κ1) is 9.93. The number of ketones is 1. The molecule has 0 aliphatic carbocycles. The van der Waals surface area contributed by atoms with Crippen LogP contribution >= 0.6 is 0 Å². The molecule has 6 heteroatoms. The lowest BCUT2D eigenvalue weighted by Gasteiger charge is -1.96. The van der Waals surface area contributed by atoms with E-state index in [4.69, 9.17) is 0 Å². The molecule has 64 valence electrons. The van der Waals surface area contributed by atoms with E-state index in [1.807, 2.05) is 0 Å². The third-order valence-electron chi connectivity index (χ3n) is 0.541. The van der Waals surface area contributed by atoms with Crippen LogP contribution in [-0.4, -0.2) is 24.8 Å². The average molecular weight is 169 g/mol. The molecule has 0 amide bonds. The van der Waals surface area contributed by atoms with Gasteiger partial charge < -0.3 is 4.84 Å². The van der Waals surface area contributed by atoms with Gasteiger partial charge in [-0.15, -0.1) is 0 Å². The molecular formula is C5H6F3NO2. The van der Waals surface area contributed by atoms with Crippen molar-refractivity contribution in [1.82, 2.24) is 0 Å². The Labute approximate surface area is 60.8 Å². The van der Waals surface area contributed by atoms with E-state index in [9.17, 15) is 18.0 Å². The number of rotatable bonds is 3. The van der Waals surface area contributed by atoms with Gasteiger partial charge in [-0.1, -0.05) is 5.16 Å². The summed E-state index contributed by atoms with van der Waals surface area (Å²) in [5.74, 6) is -0.385. The van der Waals surface area contributed by atoms with E-state index in [1.165, 1.54) is 6.92 Å². The summed E-state index contributed by atoms with van der Waals surface area (Å²) in [7, 11) is 0. The van der Waals surface area contributed by atoms with Crippen LogP contribution in [0.15, 0.2) is 5.16 Å². The van der Waals surface area contributed by atoms with Crippen molar-refractivity contribution in [3.05, 3.63) is 0 Å². The molecule has 0 aliphatic heterocycles. The van der Waals surface area contributed by atoms with E-state index in [1.54, 1.807) is 0 Å². The van der Waals surface area contributed by atoms with E-state index >= 15 is 0 Å². The summed E-state index contributed by atoms with van der Waals surface area (Å²) in [5.41, 5.74) is 0. The molecule has 0 saturated heterocycles. The summed E-state index contributed by atoms with van der Waals surface area (Å²) in [4.78, 5) is 14.1. The minimum Gasteiger partial charge on any atom is -0.388 e. The smallest absolute Gasteiger partial charge is 0.388 e. The van der Waals surface area contributed by atoms with Crippen molar-refractivity contribution in [2.45, 2.75) is 13.1 Å². The molecule has 0 atom stereocenters.